The van der Waals surface area contributed by atoms with Crippen molar-refractivity contribution in [3.8, 4) is 0 Å². The number of amides is 1. The Balaban J connectivity index is 1.85. The van der Waals surface area contributed by atoms with E-state index in [9.17, 15) is 14.3 Å². The monoisotopic (exact) mass is 262 g/mol. The van der Waals surface area contributed by atoms with Gasteiger partial charge in [-0.3, -0.25) is 4.79 Å². The van der Waals surface area contributed by atoms with Gasteiger partial charge in [0.2, 0.25) is 0 Å². The summed E-state index contributed by atoms with van der Waals surface area (Å²) in [6, 6.07) is 4.09. The van der Waals surface area contributed by atoms with E-state index >= 15 is 0 Å². The molecular formula is C14H15FN2O2. The summed E-state index contributed by atoms with van der Waals surface area (Å²) in [7, 11) is 0. The molecular weight excluding hydrogens is 247 g/mol. The molecule has 1 saturated carbocycles. The summed E-state index contributed by atoms with van der Waals surface area (Å²) >= 11 is 0. The highest BCUT2D eigenvalue weighted by Crippen LogP contribution is 2.22. The second-order valence-corrected chi connectivity index (χ2v) is 4.97. The highest BCUT2D eigenvalue weighted by Gasteiger charge is 2.27. The number of hydrogen-bond acceptors (Lipinski definition) is 2. The van der Waals surface area contributed by atoms with E-state index in [1.165, 1.54) is 12.1 Å². The fourth-order valence-electron chi connectivity index (χ4n) is 2.64. The summed E-state index contributed by atoms with van der Waals surface area (Å²) in [5.74, 6) is -0.573. The Morgan fingerprint density at radius 3 is 3.00 bits per heavy atom. The summed E-state index contributed by atoms with van der Waals surface area (Å²) in [5.41, 5.74) is 1.08. The van der Waals surface area contributed by atoms with Crippen LogP contribution in [0.1, 0.15) is 29.6 Å². The molecule has 1 aromatic heterocycles. The van der Waals surface area contributed by atoms with Crippen molar-refractivity contribution in [2.75, 3.05) is 0 Å². The van der Waals surface area contributed by atoms with Crippen molar-refractivity contribution in [3.05, 3.63) is 35.8 Å². The molecule has 2 aromatic rings. The van der Waals surface area contributed by atoms with Crippen LogP contribution in [0, 0.1) is 5.82 Å². The van der Waals surface area contributed by atoms with Crippen LogP contribution in [0.2, 0.25) is 0 Å². The first kappa shape index (κ1) is 12.2. The molecule has 1 aromatic carbocycles. The lowest BCUT2D eigenvalue weighted by atomic mass is 10.1. The minimum Gasteiger partial charge on any atom is -0.391 e. The molecule has 1 aliphatic rings. The first-order valence-corrected chi connectivity index (χ1v) is 6.41. The number of benzene rings is 1. The van der Waals surface area contributed by atoms with Crippen LogP contribution in [0.4, 0.5) is 4.39 Å². The topological polar surface area (TPSA) is 65.1 Å². The van der Waals surface area contributed by atoms with Gasteiger partial charge < -0.3 is 15.4 Å². The van der Waals surface area contributed by atoms with Gasteiger partial charge in [-0.05, 0) is 37.5 Å². The first-order valence-electron chi connectivity index (χ1n) is 6.41. The average molecular weight is 262 g/mol. The largest absolute Gasteiger partial charge is 0.391 e. The molecule has 100 valence electrons. The van der Waals surface area contributed by atoms with Crippen LogP contribution in [-0.4, -0.2) is 28.1 Å². The zero-order valence-corrected chi connectivity index (χ0v) is 10.3. The number of carbonyl (C=O) groups is 1. The van der Waals surface area contributed by atoms with E-state index in [4.69, 9.17) is 0 Å². The van der Waals surface area contributed by atoms with Gasteiger partial charge in [0.25, 0.3) is 5.91 Å². The summed E-state index contributed by atoms with van der Waals surface area (Å²) in [6.07, 6.45) is 3.55. The maximum atomic E-state index is 13.1. The lowest BCUT2D eigenvalue weighted by molar-refractivity contribution is 0.0875. The van der Waals surface area contributed by atoms with Gasteiger partial charge in [0.05, 0.1) is 17.7 Å². The van der Waals surface area contributed by atoms with E-state index in [1.54, 1.807) is 12.3 Å². The van der Waals surface area contributed by atoms with Gasteiger partial charge in [-0.2, -0.15) is 0 Å². The molecule has 0 radical (unpaired) electrons. The quantitative estimate of drug-likeness (QED) is 0.774. The van der Waals surface area contributed by atoms with E-state index < -0.39 is 6.10 Å². The van der Waals surface area contributed by atoms with Crippen LogP contribution >= 0.6 is 0 Å². The second-order valence-electron chi connectivity index (χ2n) is 4.97. The Labute approximate surface area is 109 Å². The third-order valence-corrected chi connectivity index (χ3v) is 3.68. The van der Waals surface area contributed by atoms with Crippen molar-refractivity contribution < 1.29 is 14.3 Å². The molecule has 3 rings (SSSR count). The number of carbonyl (C=O) groups excluding carboxylic acids is 1. The van der Waals surface area contributed by atoms with E-state index in [2.05, 4.69) is 10.3 Å². The molecule has 0 bridgehead atoms. The SMILES string of the molecule is O=C(N[C@H]1CCC[C@@H]1O)c1c[nH]c2cc(F)ccc12. The number of H-pyrrole nitrogens is 1. The Bertz CT molecular complexity index is 623. The molecule has 0 saturated heterocycles. The molecule has 4 nitrogen and oxygen atoms in total. The van der Waals surface area contributed by atoms with E-state index in [0.29, 0.717) is 16.5 Å². The van der Waals surface area contributed by atoms with Crippen LogP contribution in [0.15, 0.2) is 24.4 Å². The predicted octanol–water partition coefficient (Wildman–Crippen LogP) is 1.95. The molecule has 1 heterocycles. The second kappa shape index (κ2) is 4.66. The van der Waals surface area contributed by atoms with Crippen LogP contribution in [-0.2, 0) is 0 Å². The lowest BCUT2D eigenvalue weighted by Crippen LogP contribution is -2.39. The number of aliphatic hydroxyl groups excluding tert-OH is 1. The molecule has 0 aliphatic heterocycles. The summed E-state index contributed by atoms with van der Waals surface area (Å²) in [5, 5.41) is 13.2. The predicted molar refractivity (Wildman–Crippen MR) is 69.4 cm³/mol. The number of aromatic amines is 1. The molecule has 0 spiro atoms. The van der Waals surface area contributed by atoms with Gasteiger partial charge in [0.15, 0.2) is 0 Å². The number of rotatable bonds is 2. The molecule has 3 N–H and O–H groups in total. The Hall–Kier alpha value is -1.88. The zero-order valence-electron chi connectivity index (χ0n) is 10.3. The maximum absolute atomic E-state index is 13.1. The minimum atomic E-state index is -0.466. The lowest BCUT2D eigenvalue weighted by Gasteiger charge is -2.15. The molecule has 1 fully saturated rings. The van der Waals surface area contributed by atoms with Crippen molar-refractivity contribution in [2.45, 2.75) is 31.4 Å². The molecule has 19 heavy (non-hydrogen) atoms. The van der Waals surface area contributed by atoms with Gasteiger partial charge in [0.1, 0.15) is 5.82 Å². The number of hydrogen-bond donors (Lipinski definition) is 3. The van der Waals surface area contributed by atoms with Gasteiger partial charge in [-0.1, -0.05) is 0 Å². The van der Waals surface area contributed by atoms with Gasteiger partial charge >= 0.3 is 0 Å². The van der Waals surface area contributed by atoms with Crippen molar-refractivity contribution in [1.82, 2.24) is 10.3 Å². The van der Waals surface area contributed by atoms with E-state index in [1.807, 2.05) is 0 Å². The number of fused-ring (bicyclic) bond motifs is 1. The third-order valence-electron chi connectivity index (χ3n) is 3.68. The zero-order chi connectivity index (χ0) is 13.4. The van der Waals surface area contributed by atoms with E-state index in [0.717, 1.165) is 19.3 Å². The summed E-state index contributed by atoms with van der Waals surface area (Å²) in [6.45, 7) is 0. The van der Waals surface area contributed by atoms with Crippen molar-refractivity contribution in [2.24, 2.45) is 0 Å². The molecule has 0 unspecified atom stereocenters. The van der Waals surface area contributed by atoms with Crippen molar-refractivity contribution in [3.63, 3.8) is 0 Å². The van der Waals surface area contributed by atoms with Crippen LogP contribution in [0.5, 0.6) is 0 Å². The Kier molecular flexibility index (Phi) is 2.98. The molecule has 1 amide bonds. The summed E-state index contributed by atoms with van der Waals surface area (Å²) < 4.78 is 13.1. The fraction of sp³-hybridized carbons (Fsp3) is 0.357. The van der Waals surface area contributed by atoms with Crippen LogP contribution in [0.3, 0.4) is 0 Å². The van der Waals surface area contributed by atoms with Gasteiger partial charge in [-0.15, -0.1) is 0 Å². The standard InChI is InChI=1S/C14H15FN2O2/c15-8-4-5-9-10(7-16-12(9)6-8)14(19)17-11-2-1-3-13(11)18/h4-7,11,13,16,18H,1-3H2,(H,17,19)/t11-,13-/m0/s1. The highest BCUT2D eigenvalue weighted by atomic mass is 19.1. The average Bonchev–Trinajstić information content (AvgIpc) is 2.96. The number of nitrogens with one attached hydrogen (secondary N) is 2. The third kappa shape index (κ3) is 2.21. The normalized spacial score (nSPS) is 22.8. The van der Waals surface area contributed by atoms with Crippen molar-refractivity contribution >= 4 is 16.8 Å². The maximum Gasteiger partial charge on any atom is 0.253 e. The summed E-state index contributed by atoms with van der Waals surface area (Å²) in [4.78, 5) is 15.1. The fourth-order valence-corrected chi connectivity index (χ4v) is 2.64. The Morgan fingerprint density at radius 2 is 2.26 bits per heavy atom. The van der Waals surface area contributed by atoms with E-state index in [-0.39, 0.29) is 17.8 Å². The smallest absolute Gasteiger partial charge is 0.253 e. The van der Waals surface area contributed by atoms with Gasteiger partial charge in [0, 0.05) is 17.1 Å². The number of halogens is 1. The van der Waals surface area contributed by atoms with Crippen LogP contribution in [0.25, 0.3) is 10.9 Å². The number of aliphatic hydroxyl groups is 1. The van der Waals surface area contributed by atoms with Gasteiger partial charge in [-0.25, -0.2) is 4.39 Å². The minimum absolute atomic E-state index is 0.183. The Morgan fingerprint density at radius 1 is 1.42 bits per heavy atom. The molecule has 1 aliphatic carbocycles. The first-order chi connectivity index (χ1) is 9.15. The van der Waals surface area contributed by atoms with Crippen molar-refractivity contribution in [1.29, 1.82) is 0 Å². The van der Waals surface area contributed by atoms with Crippen LogP contribution < -0.4 is 5.32 Å². The molecule has 5 heteroatoms. The number of aromatic nitrogens is 1. The highest BCUT2D eigenvalue weighted by molar-refractivity contribution is 6.06. The molecule has 2 atom stereocenters.